The molecule has 0 radical (unpaired) electrons. The average Bonchev–Trinajstić information content (AvgIpc) is 3.06. The Morgan fingerprint density at radius 1 is 1.06 bits per heavy atom. The van der Waals surface area contributed by atoms with E-state index >= 15 is 0 Å². The van der Waals surface area contributed by atoms with Gasteiger partial charge in [0.25, 0.3) is 5.91 Å². The monoisotopic (exact) mass is 431 g/mol. The van der Waals surface area contributed by atoms with Crippen LogP contribution in [0.1, 0.15) is 47.8 Å². The lowest BCUT2D eigenvalue weighted by molar-refractivity contribution is -0.137. The van der Waals surface area contributed by atoms with Gasteiger partial charge in [-0.15, -0.1) is 5.10 Å². The molecule has 0 saturated heterocycles. The number of carbonyl (C=O) groups is 1. The number of alkyl halides is 3. The summed E-state index contributed by atoms with van der Waals surface area (Å²) in [5.41, 5.74) is 1.50. The van der Waals surface area contributed by atoms with Crippen LogP contribution in [0.3, 0.4) is 0 Å². The molecule has 0 spiro atoms. The highest BCUT2D eigenvalue weighted by Gasteiger charge is 2.30. The van der Waals surface area contributed by atoms with Gasteiger partial charge in [0.15, 0.2) is 0 Å². The van der Waals surface area contributed by atoms with E-state index in [1.807, 2.05) is 24.3 Å². The van der Waals surface area contributed by atoms with Crippen LogP contribution < -0.4 is 10.1 Å². The maximum absolute atomic E-state index is 12.9. The summed E-state index contributed by atoms with van der Waals surface area (Å²) in [5.74, 6) is -0.376. The van der Waals surface area contributed by atoms with Crippen LogP contribution >= 0.6 is 0 Å². The number of halogens is 3. The quantitative estimate of drug-likeness (QED) is 0.575. The van der Waals surface area contributed by atoms with E-state index in [2.05, 4.69) is 31.2 Å². The lowest BCUT2D eigenvalue weighted by atomic mass is 9.87. The van der Waals surface area contributed by atoms with Crippen LogP contribution in [0.2, 0.25) is 0 Å². The first-order valence-corrected chi connectivity index (χ1v) is 9.68. The van der Waals surface area contributed by atoms with Gasteiger partial charge in [-0.3, -0.25) is 9.48 Å². The third-order valence-corrected chi connectivity index (χ3v) is 4.68. The fourth-order valence-electron chi connectivity index (χ4n) is 2.97. The van der Waals surface area contributed by atoms with Crippen molar-refractivity contribution in [2.75, 3.05) is 5.32 Å². The van der Waals surface area contributed by atoms with Gasteiger partial charge in [-0.05, 0) is 40.8 Å². The number of rotatable bonds is 5. The second-order valence-electron chi connectivity index (χ2n) is 8.29. The van der Waals surface area contributed by atoms with Gasteiger partial charge < -0.3 is 10.1 Å². The van der Waals surface area contributed by atoms with Gasteiger partial charge in [0.2, 0.25) is 5.88 Å². The fraction of sp³-hybridized carbons (Fsp3) is 0.304. The number of benzene rings is 2. The minimum Gasteiger partial charge on any atom is -0.471 e. The standard InChI is InChI=1S/C23H24F3N3O2/c1-22(2,3)16-8-10-18(11-9-16)27-20(30)19-13-29(4)28-21(19)31-14-15-6-5-7-17(12-15)23(24,25)26/h5-13H,14H2,1-4H3,(H,27,30). The zero-order valence-electron chi connectivity index (χ0n) is 17.7. The molecule has 3 aromatic rings. The largest absolute Gasteiger partial charge is 0.471 e. The molecule has 3 rings (SSSR count). The minimum atomic E-state index is -4.44. The molecular weight excluding hydrogens is 407 g/mol. The van der Waals surface area contributed by atoms with Crippen LogP contribution in [-0.4, -0.2) is 15.7 Å². The van der Waals surface area contributed by atoms with Crippen molar-refractivity contribution in [3.05, 3.63) is 77.0 Å². The molecule has 5 nitrogen and oxygen atoms in total. The van der Waals surface area contributed by atoms with E-state index in [0.29, 0.717) is 11.3 Å². The van der Waals surface area contributed by atoms with E-state index < -0.39 is 17.6 Å². The zero-order valence-corrected chi connectivity index (χ0v) is 17.7. The Hall–Kier alpha value is -3.29. The van der Waals surface area contributed by atoms with Gasteiger partial charge in [-0.25, -0.2) is 0 Å². The topological polar surface area (TPSA) is 56.2 Å². The van der Waals surface area contributed by atoms with E-state index in [-0.39, 0.29) is 23.5 Å². The Kier molecular flexibility index (Phi) is 6.10. The number of ether oxygens (including phenoxy) is 1. The van der Waals surface area contributed by atoms with Crippen LogP contribution in [0.15, 0.2) is 54.7 Å². The fourth-order valence-corrected chi connectivity index (χ4v) is 2.97. The molecule has 8 heteroatoms. The highest BCUT2D eigenvalue weighted by Crippen LogP contribution is 2.30. The molecule has 2 aromatic carbocycles. The zero-order chi connectivity index (χ0) is 22.8. The summed E-state index contributed by atoms with van der Waals surface area (Å²) in [4.78, 5) is 12.7. The summed E-state index contributed by atoms with van der Waals surface area (Å²) in [6.07, 6.45) is -2.94. The summed E-state index contributed by atoms with van der Waals surface area (Å²) >= 11 is 0. The first kappa shape index (κ1) is 22.4. The molecule has 0 aliphatic carbocycles. The normalized spacial score (nSPS) is 12.0. The third-order valence-electron chi connectivity index (χ3n) is 4.68. The molecule has 0 unspecified atom stereocenters. The first-order valence-electron chi connectivity index (χ1n) is 9.68. The van der Waals surface area contributed by atoms with Gasteiger partial charge in [0.05, 0.1) is 5.56 Å². The summed E-state index contributed by atoms with van der Waals surface area (Å²) in [7, 11) is 1.63. The predicted molar refractivity (Wildman–Crippen MR) is 112 cm³/mol. The van der Waals surface area contributed by atoms with Crippen molar-refractivity contribution in [1.29, 1.82) is 0 Å². The molecule has 1 N–H and O–H groups in total. The highest BCUT2D eigenvalue weighted by atomic mass is 19.4. The molecule has 0 bridgehead atoms. The van der Waals surface area contributed by atoms with Crippen molar-refractivity contribution < 1.29 is 22.7 Å². The molecule has 0 aliphatic rings. The van der Waals surface area contributed by atoms with Crippen molar-refractivity contribution in [2.45, 2.75) is 39.0 Å². The van der Waals surface area contributed by atoms with Gasteiger partial charge in [0, 0.05) is 18.9 Å². The Balaban J connectivity index is 1.72. The number of hydrogen-bond acceptors (Lipinski definition) is 3. The Labute approximate surface area is 178 Å². The number of nitrogens with one attached hydrogen (secondary N) is 1. The number of hydrogen-bond donors (Lipinski definition) is 1. The van der Waals surface area contributed by atoms with Crippen LogP contribution in [0.5, 0.6) is 5.88 Å². The van der Waals surface area contributed by atoms with E-state index in [9.17, 15) is 18.0 Å². The minimum absolute atomic E-state index is 0.00365. The van der Waals surface area contributed by atoms with E-state index in [1.54, 1.807) is 7.05 Å². The Morgan fingerprint density at radius 3 is 2.35 bits per heavy atom. The predicted octanol–water partition coefficient (Wildman–Crippen LogP) is 5.57. The number of carbonyl (C=O) groups excluding carboxylic acids is 1. The Bertz CT molecular complexity index is 1060. The average molecular weight is 431 g/mol. The highest BCUT2D eigenvalue weighted by molar-refractivity contribution is 6.05. The third kappa shape index (κ3) is 5.65. The van der Waals surface area contributed by atoms with Gasteiger partial charge in [-0.2, -0.15) is 13.2 Å². The van der Waals surface area contributed by atoms with Crippen LogP contribution in [0.25, 0.3) is 0 Å². The summed E-state index contributed by atoms with van der Waals surface area (Å²) in [6, 6.07) is 12.4. The smallest absolute Gasteiger partial charge is 0.416 e. The van der Waals surface area contributed by atoms with Crippen molar-refractivity contribution in [1.82, 2.24) is 9.78 Å². The molecule has 31 heavy (non-hydrogen) atoms. The van der Waals surface area contributed by atoms with Crippen molar-refractivity contribution in [3.8, 4) is 5.88 Å². The molecule has 1 amide bonds. The van der Waals surface area contributed by atoms with Gasteiger partial charge in [0.1, 0.15) is 12.2 Å². The van der Waals surface area contributed by atoms with Crippen molar-refractivity contribution >= 4 is 11.6 Å². The van der Waals surface area contributed by atoms with Crippen molar-refractivity contribution in [2.24, 2.45) is 7.05 Å². The van der Waals surface area contributed by atoms with E-state index in [4.69, 9.17) is 4.74 Å². The molecule has 0 fully saturated rings. The van der Waals surface area contributed by atoms with Crippen LogP contribution in [0.4, 0.5) is 18.9 Å². The van der Waals surface area contributed by atoms with Gasteiger partial charge >= 0.3 is 6.18 Å². The van der Waals surface area contributed by atoms with E-state index in [0.717, 1.165) is 17.7 Å². The molecular formula is C23H24F3N3O2. The lowest BCUT2D eigenvalue weighted by Crippen LogP contribution is -2.14. The maximum atomic E-state index is 12.9. The second-order valence-corrected chi connectivity index (χ2v) is 8.29. The number of aromatic nitrogens is 2. The molecule has 0 saturated carbocycles. The number of nitrogens with zero attached hydrogens (tertiary/aromatic N) is 2. The van der Waals surface area contributed by atoms with Gasteiger partial charge in [-0.1, -0.05) is 45.0 Å². The maximum Gasteiger partial charge on any atom is 0.416 e. The summed E-state index contributed by atoms with van der Waals surface area (Å²) in [6.45, 7) is 6.15. The van der Waals surface area contributed by atoms with Crippen molar-refractivity contribution in [3.63, 3.8) is 0 Å². The molecule has 0 atom stereocenters. The molecule has 1 heterocycles. The second kappa shape index (κ2) is 8.45. The SMILES string of the molecule is Cn1cc(C(=O)Nc2ccc(C(C)(C)C)cc2)c(OCc2cccc(C(F)(F)F)c2)n1. The molecule has 1 aromatic heterocycles. The van der Waals surface area contributed by atoms with Crippen LogP contribution in [0, 0.1) is 0 Å². The number of aryl methyl sites for hydroxylation is 1. The first-order chi connectivity index (χ1) is 14.4. The number of anilines is 1. The summed E-state index contributed by atoms with van der Waals surface area (Å²) < 4.78 is 45.7. The molecule has 164 valence electrons. The lowest BCUT2D eigenvalue weighted by Gasteiger charge is -2.19. The van der Waals surface area contributed by atoms with Crippen LogP contribution in [-0.2, 0) is 25.2 Å². The number of amides is 1. The Morgan fingerprint density at radius 2 is 1.74 bits per heavy atom. The van der Waals surface area contributed by atoms with E-state index in [1.165, 1.54) is 23.0 Å². The summed E-state index contributed by atoms with van der Waals surface area (Å²) in [5, 5.41) is 6.91. The molecule has 0 aliphatic heterocycles.